The van der Waals surface area contributed by atoms with Crippen LogP contribution in [0.1, 0.15) is 16.7 Å². The van der Waals surface area contributed by atoms with Crippen LogP contribution < -0.4 is 0 Å². The molecule has 122 valence electrons. The van der Waals surface area contributed by atoms with Crippen molar-refractivity contribution < 1.29 is 4.39 Å². The van der Waals surface area contributed by atoms with Crippen molar-refractivity contribution in [1.29, 1.82) is 0 Å². The lowest BCUT2D eigenvalue weighted by molar-refractivity contribution is 0.246. The third-order valence-electron chi connectivity index (χ3n) is 4.64. The molecule has 0 saturated carbocycles. The molecule has 1 aliphatic heterocycles. The zero-order valence-corrected chi connectivity index (χ0v) is 13.7. The second-order valence-corrected chi connectivity index (χ2v) is 6.39. The van der Waals surface area contributed by atoms with E-state index in [0.717, 1.165) is 37.3 Å². The molecule has 0 N–H and O–H groups in total. The Balaban J connectivity index is 1.61. The number of benzene rings is 2. The van der Waals surface area contributed by atoms with Gasteiger partial charge in [-0.3, -0.25) is 9.58 Å². The van der Waals surface area contributed by atoms with Gasteiger partial charge in [-0.1, -0.05) is 36.4 Å². The fraction of sp³-hybridized carbons (Fsp3) is 0.250. The van der Waals surface area contributed by atoms with E-state index in [4.69, 9.17) is 0 Å². The average Bonchev–Trinajstić information content (AvgIpc) is 2.95. The molecular weight excluding hydrogens is 301 g/mol. The minimum Gasteiger partial charge on any atom is -0.294 e. The lowest BCUT2D eigenvalue weighted by atomic mass is 9.99. The predicted molar refractivity (Wildman–Crippen MR) is 92.9 cm³/mol. The number of hydrogen-bond acceptors (Lipinski definition) is 2. The third-order valence-corrected chi connectivity index (χ3v) is 4.64. The molecule has 0 saturated heterocycles. The second-order valence-electron chi connectivity index (χ2n) is 6.39. The molecule has 4 rings (SSSR count). The first-order valence-corrected chi connectivity index (χ1v) is 8.27. The Morgan fingerprint density at radius 2 is 1.79 bits per heavy atom. The summed E-state index contributed by atoms with van der Waals surface area (Å²) in [6.07, 6.45) is 3.06. The summed E-state index contributed by atoms with van der Waals surface area (Å²) in [5.41, 5.74) is 5.22. The zero-order valence-electron chi connectivity index (χ0n) is 13.7. The van der Waals surface area contributed by atoms with Crippen molar-refractivity contribution in [2.45, 2.75) is 19.5 Å². The van der Waals surface area contributed by atoms with Crippen LogP contribution in [0.25, 0.3) is 11.3 Å². The maximum Gasteiger partial charge on any atom is 0.132 e. The van der Waals surface area contributed by atoms with Crippen LogP contribution in [0.5, 0.6) is 0 Å². The minimum atomic E-state index is -0.221. The van der Waals surface area contributed by atoms with Gasteiger partial charge in [0.2, 0.25) is 0 Å². The normalized spacial score (nSPS) is 14.6. The van der Waals surface area contributed by atoms with Crippen LogP contribution in [-0.4, -0.2) is 21.2 Å². The van der Waals surface area contributed by atoms with Crippen molar-refractivity contribution in [1.82, 2.24) is 14.7 Å². The van der Waals surface area contributed by atoms with Gasteiger partial charge < -0.3 is 0 Å². The van der Waals surface area contributed by atoms with Crippen molar-refractivity contribution >= 4 is 0 Å². The number of hydrogen-bond donors (Lipinski definition) is 0. The molecule has 24 heavy (non-hydrogen) atoms. The first-order chi connectivity index (χ1) is 11.7. The molecule has 4 heteroatoms. The van der Waals surface area contributed by atoms with Gasteiger partial charge in [0.1, 0.15) is 5.82 Å². The van der Waals surface area contributed by atoms with E-state index in [-0.39, 0.29) is 5.82 Å². The molecule has 0 bridgehead atoms. The molecule has 3 aromatic rings. The highest BCUT2D eigenvalue weighted by atomic mass is 19.1. The van der Waals surface area contributed by atoms with Gasteiger partial charge in [-0.15, -0.1) is 0 Å². The van der Waals surface area contributed by atoms with Crippen molar-refractivity contribution in [2.24, 2.45) is 7.05 Å². The Hall–Kier alpha value is -2.46. The van der Waals surface area contributed by atoms with Gasteiger partial charge in [-0.25, -0.2) is 4.39 Å². The molecule has 0 radical (unpaired) electrons. The lowest BCUT2D eigenvalue weighted by Gasteiger charge is -2.28. The van der Waals surface area contributed by atoms with Gasteiger partial charge in [-0.05, 0) is 29.7 Å². The maximum absolute atomic E-state index is 14.2. The van der Waals surface area contributed by atoms with Gasteiger partial charge in [0.05, 0.1) is 5.69 Å². The van der Waals surface area contributed by atoms with Gasteiger partial charge in [0.25, 0.3) is 0 Å². The largest absolute Gasteiger partial charge is 0.294 e. The first-order valence-electron chi connectivity index (χ1n) is 8.27. The number of aryl methyl sites for hydroxylation is 1. The van der Waals surface area contributed by atoms with Crippen LogP contribution in [0.3, 0.4) is 0 Å². The van der Waals surface area contributed by atoms with Crippen molar-refractivity contribution in [2.75, 3.05) is 6.54 Å². The van der Waals surface area contributed by atoms with E-state index < -0.39 is 0 Å². The highest BCUT2D eigenvalue weighted by Gasteiger charge is 2.20. The molecule has 0 atom stereocenters. The highest BCUT2D eigenvalue weighted by molar-refractivity contribution is 5.63. The summed E-state index contributed by atoms with van der Waals surface area (Å²) in [5.74, 6) is -0.221. The van der Waals surface area contributed by atoms with Crippen molar-refractivity contribution in [3.63, 3.8) is 0 Å². The average molecular weight is 321 g/mol. The topological polar surface area (TPSA) is 21.1 Å². The van der Waals surface area contributed by atoms with Crippen LogP contribution in [0.15, 0.2) is 54.7 Å². The number of fused-ring (bicyclic) bond motifs is 1. The number of nitrogens with zero attached hydrogens (tertiary/aromatic N) is 3. The van der Waals surface area contributed by atoms with Gasteiger partial charge in [0.15, 0.2) is 0 Å². The Morgan fingerprint density at radius 3 is 2.62 bits per heavy atom. The Kier molecular flexibility index (Phi) is 3.90. The van der Waals surface area contributed by atoms with E-state index in [2.05, 4.69) is 34.3 Å². The van der Waals surface area contributed by atoms with Gasteiger partial charge in [-0.2, -0.15) is 5.10 Å². The molecule has 0 fully saturated rings. The van der Waals surface area contributed by atoms with E-state index in [9.17, 15) is 4.39 Å². The molecule has 0 amide bonds. The third kappa shape index (κ3) is 2.85. The second kappa shape index (κ2) is 6.21. The maximum atomic E-state index is 14.2. The lowest BCUT2D eigenvalue weighted by Crippen LogP contribution is -2.30. The molecule has 0 spiro atoms. The summed E-state index contributed by atoms with van der Waals surface area (Å²) in [5, 5.41) is 4.50. The molecular formula is C20H20FN3. The van der Waals surface area contributed by atoms with E-state index in [1.165, 1.54) is 17.2 Å². The fourth-order valence-electron chi connectivity index (χ4n) is 3.46. The Morgan fingerprint density at radius 1 is 1.04 bits per heavy atom. The Labute approximate surface area is 141 Å². The minimum absolute atomic E-state index is 0.221. The molecule has 3 nitrogen and oxygen atoms in total. The quantitative estimate of drug-likeness (QED) is 0.732. The summed E-state index contributed by atoms with van der Waals surface area (Å²) in [4.78, 5) is 2.41. The number of rotatable bonds is 3. The summed E-state index contributed by atoms with van der Waals surface area (Å²) >= 11 is 0. The predicted octanol–water partition coefficient (Wildman–Crippen LogP) is 3.78. The summed E-state index contributed by atoms with van der Waals surface area (Å²) in [6.45, 7) is 2.73. The summed E-state index contributed by atoms with van der Waals surface area (Å²) in [7, 11) is 1.89. The van der Waals surface area contributed by atoms with Crippen LogP contribution >= 0.6 is 0 Å². The molecule has 0 aliphatic carbocycles. The molecule has 0 unspecified atom stereocenters. The van der Waals surface area contributed by atoms with E-state index in [1.54, 1.807) is 16.8 Å². The fourth-order valence-corrected chi connectivity index (χ4v) is 3.46. The number of halogens is 1. The molecule has 2 aromatic carbocycles. The van der Waals surface area contributed by atoms with Crippen LogP contribution in [0.4, 0.5) is 4.39 Å². The van der Waals surface area contributed by atoms with Crippen LogP contribution in [-0.2, 0) is 26.6 Å². The monoisotopic (exact) mass is 321 g/mol. The van der Waals surface area contributed by atoms with Crippen LogP contribution in [0, 0.1) is 5.82 Å². The van der Waals surface area contributed by atoms with Gasteiger partial charge in [0, 0.05) is 44.0 Å². The zero-order chi connectivity index (χ0) is 16.5. The van der Waals surface area contributed by atoms with Crippen molar-refractivity contribution in [3.8, 4) is 11.3 Å². The standard InChI is InChI=1S/C20H20FN3/c1-23-12-17(20(22-23)18-8-4-5-9-19(18)21)14-24-11-10-15-6-2-3-7-16(15)13-24/h2-9,12H,10-11,13-14H2,1H3. The molecule has 1 aromatic heterocycles. The smallest absolute Gasteiger partial charge is 0.132 e. The molecule has 1 aliphatic rings. The van der Waals surface area contributed by atoms with Crippen LogP contribution in [0.2, 0.25) is 0 Å². The SMILES string of the molecule is Cn1cc(CN2CCc3ccccc3C2)c(-c2ccccc2F)n1. The van der Waals surface area contributed by atoms with E-state index >= 15 is 0 Å². The van der Waals surface area contributed by atoms with E-state index in [1.807, 2.05) is 19.3 Å². The van der Waals surface area contributed by atoms with Crippen molar-refractivity contribution in [3.05, 3.63) is 77.2 Å². The highest BCUT2D eigenvalue weighted by Crippen LogP contribution is 2.27. The number of aromatic nitrogens is 2. The first kappa shape index (κ1) is 15.1. The Bertz CT molecular complexity index is 869. The summed E-state index contributed by atoms with van der Waals surface area (Å²) in [6, 6.07) is 15.5. The molecule has 2 heterocycles. The van der Waals surface area contributed by atoms with Gasteiger partial charge >= 0.3 is 0 Å². The van der Waals surface area contributed by atoms with E-state index in [0.29, 0.717) is 5.56 Å². The summed E-state index contributed by atoms with van der Waals surface area (Å²) < 4.78 is 16.0.